The molecule has 0 saturated heterocycles. The van der Waals surface area contributed by atoms with Crippen molar-refractivity contribution >= 4 is 43.6 Å². The van der Waals surface area contributed by atoms with E-state index in [0.29, 0.717) is 27.9 Å². The van der Waals surface area contributed by atoms with Crippen molar-refractivity contribution in [1.29, 1.82) is 0 Å². The van der Waals surface area contributed by atoms with Gasteiger partial charge >= 0.3 is 5.97 Å². The van der Waals surface area contributed by atoms with E-state index in [1.54, 1.807) is 55.6 Å². The molecule has 0 spiro atoms. The fourth-order valence-corrected chi connectivity index (χ4v) is 5.07. The molecule has 170 valence electrons. The van der Waals surface area contributed by atoms with Gasteiger partial charge in [-0.25, -0.2) is 13.2 Å². The highest BCUT2D eigenvalue weighted by Crippen LogP contribution is 2.30. The standard InChI is InChI=1S/C26H20N2O5S/c1-17-24(26(29)32-16-18-7-3-2-4-8-18)21-15-20(12-13-22(21)33-17)28-34(30,31)23-11-5-9-19-10-6-14-27-25(19)23/h2-15,28H,16H2,1H3. The number of hydrogen-bond acceptors (Lipinski definition) is 6. The van der Waals surface area contributed by atoms with Crippen LogP contribution in [0.4, 0.5) is 5.69 Å². The van der Waals surface area contributed by atoms with Gasteiger partial charge in [-0.3, -0.25) is 9.71 Å². The normalized spacial score (nSPS) is 11.6. The summed E-state index contributed by atoms with van der Waals surface area (Å²) in [5.41, 5.74) is 2.25. The minimum atomic E-state index is -3.94. The van der Waals surface area contributed by atoms with Crippen molar-refractivity contribution in [2.75, 3.05) is 4.72 Å². The van der Waals surface area contributed by atoms with E-state index in [9.17, 15) is 13.2 Å². The first-order valence-corrected chi connectivity index (χ1v) is 12.0. The molecule has 3 aromatic carbocycles. The molecule has 34 heavy (non-hydrogen) atoms. The van der Waals surface area contributed by atoms with Gasteiger partial charge in [0.15, 0.2) is 0 Å². The molecular weight excluding hydrogens is 452 g/mol. The Balaban J connectivity index is 1.46. The highest BCUT2D eigenvalue weighted by atomic mass is 32.2. The first-order valence-electron chi connectivity index (χ1n) is 10.5. The van der Waals surface area contributed by atoms with E-state index in [0.717, 1.165) is 10.9 Å². The number of aryl methyl sites for hydroxylation is 1. The number of ether oxygens (including phenoxy) is 1. The quantitative estimate of drug-likeness (QED) is 0.330. The number of carbonyl (C=O) groups excluding carboxylic acids is 1. The van der Waals surface area contributed by atoms with Crippen molar-refractivity contribution in [3.8, 4) is 0 Å². The van der Waals surface area contributed by atoms with Crippen LogP contribution in [0.3, 0.4) is 0 Å². The van der Waals surface area contributed by atoms with Gasteiger partial charge in [0, 0.05) is 22.7 Å². The first kappa shape index (κ1) is 21.7. The second kappa shape index (κ2) is 8.64. The van der Waals surface area contributed by atoms with Crippen LogP contribution >= 0.6 is 0 Å². The van der Waals surface area contributed by atoms with E-state index in [-0.39, 0.29) is 17.1 Å². The fourth-order valence-electron chi connectivity index (χ4n) is 3.84. The number of carbonyl (C=O) groups is 1. The Bertz CT molecular complexity index is 1620. The summed E-state index contributed by atoms with van der Waals surface area (Å²) in [6.45, 7) is 1.79. The second-order valence-electron chi connectivity index (χ2n) is 7.74. The van der Waals surface area contributed by atoms with Crippen LogP contribution in [0.5, 0.6) is 0 Å². The highest BCUT2D eigenvalue weighted by Gasteiger charge is 2.22. The Morgan fingerprint density at radius 1 is 1.00 bits per heavy atom. The van der Waals surface area contributed by atoms with E-state index < -0.39 is 16.0 Å². The van der Waals surface area contributed by atoms with Gasteiger partial charge in [-0.2, -0.15) is 0 Å². The molecule has 8 heteroatoms. The van der Waals surface area contributed by atoms with Crippen LogP contribution in [0.15, 0.2) is 94.4 Å². The minimum absolute atomic E-state index is 0.0663. The second-order valence-corrected chi connectivity index (χ2v) is 9.39. The average molecular weight is 473 g/mol. The van der Waals surface area contributed by atoms with Crippen molar-refractivity contribution in [3.05, 3.63) is 102 Å². The summed E-state index contributed by atoms with van der Waals surface area (Å²) in [5.74, 6) is -0.148. The van der Waals surface area contributed by atoms with Gasteiger partial charge in [0.05, 0.1) is 5.52 Å². The number of esters is 1. The Kier molecular flexibility index (Phi) is 5.51. The number of nitrogens with one attached hydrogen (secondary N) is 1. The molecule has 0 amide bonds. The van der Waals surface area contributed by atoms with E-state index in [4.69, 9.17) is 9.15 Å². The number of aromatic nitrogens is 1. The number of fused-ring (bicyclic) bond motifs is 2. The largest absolute Gasteiger partial charge is 0.460 e. The highest BCUT2D eigenvalue weighted by molar-refractivity contribution is 7.93. The van der Waals surface area contributed by atoms with Crippen LogP contribution in [-0.2, 0) is 21.4 Å². The van der Waals surface area contributed by atoms with E-state index in [2.05, 4.69) is 9.71 Å². The van der Waals surface area contributed by atoms with E-state index >= 15 is 0 Å². The smallest absolute Gasteiger partial charge is 0.342 e. The van der Waals surface area contributed by atoms with Crippen molar-refractivity contribution in [2.24, 2.45) is 0 Å². The molecule has 0 unspecified atom stereocenters. The molecule has 0 bridgehead atoms. The number of pyridine rings is 1. The summed E-state index contributed by atoms with van der Waals surface area (Å²) in [6.07, 6.45) is 1.55. The van der Waals surface area contributed by atoms with Gasteiger partial charge in [0.2, 0.25) is 0 Å². The molecule has 2 heterocycles. The SMILES string of the molecule is Cc1oc2ccc(NS(=O)(=O)c3cccc4cccnc34)cc2c1C(=O)OCc1ccccc1. The third kappa shape index (κ3) is 4.11. The summed E-state index contributed by atoms with van der Waals surface area (Å²) < 4.78 is 40.1. The van der Waals surface area contributed by atoms with Gasteiger partial charge < -0.3 is 9.15 Å². The Hall–Kier alpha value is -4.17. The molecule has 1 N–H and O–H groups in total. The van der Waals surface area contributed by atoms with Gasteiger partial charge in [0.25, 0.3) is 10.0 Å². The monoisotopic (exact) mass is 472 g/mol. The number of para-hydroxylation sites is 1. The summed E-state index contributed by atoms with van der Waals surface area (Å²) in [4.78, 5) is 17.1. The zero-order valence-corrected chi connectivity index (χ0v) is 19.0. The maximum absolute atomic E-state index is 13.2. The maximum Gasteiger partial charge on any atom is 0.342 e. The van der Waals surface area contributed by atoms with Crippen molar-refractivity contribution < 1.29 is 22.4 Å². The molecule has 5 rings (SSSR count). The molecule has 0 atom stereocenters. The van der Waals surface area contributed by atoms with E-state index in [1.807, 2.05) is 30.3 Å². The lowest BCUT2D eigenvalue weighted by Crippen LogP contribution is -2.13. The molecule has 5 aromatic rings. The Morgan fingerprint density at radius 2 is 1.79 bits per heavy atom. The van der Waals surface area contributed by atoms with Gasteiger partial charge in [-0.1, -0.05) is 48.5 Å². The number of rotatable bonds is 6. The van der Waals surface area contributed by atoms with Crippen LogP contribution in [0, 0.1) is 6.92 Å². The number of hydrogen-bond donors (Lipinski definition) is 1. The molecule has 0 aliphatic carbocycles. The summed E-state index contributed by atoms with van der Waals surface area (Å²) >= 11 is 0. The summed E-state index contributed by atoms with van der Waals surface area (Å²) in [7, 11) is -3.94. The predicted octanol–water partition coefficient (Wildman–Crippen LogP) is 5.45. The van der Waals surface area contributed by atoms with Gasteiger partial charge in [-0.15, -0.1) is 0 Å². The number of anilines is 1. The summed E-state index contributed by atoms with van der Waals surface area (Å²) in [5, 5.41) is 1.18. The Labute approximate surface area is 196 Å². The predicted molar refractivity (Wildman–Crippen MR) is 129 cm³/mol. The third-order valence-electron chi connectivity index (χ3n) is 5.42. The van der Waals surface area contributed by atoms with Crippen molar-refractivity contribution in [2.45, 2.75) is 18.4 Å². The summed E-state index contributed by atoms with van der Waals surface area (Å²) in [6, 6.07) is 22.6. The lowest BCUT2D eigenvalue weighted by molar-refractivity contribution is 0.0473. The molecule has 0 aliphatic heterocycles. The zero-order chi connectivity index (χ0) is 23.7. The zero-order valence-electron chi connectivity index (χ0n) is 18.2. The molecule has 2 aromatic heterocycles. The maximum atomic E-state index is 13.2. The average Bonchev–Trinajstić information content (AvgIpc) is 3.17. The molecule has 0 aliphatic rings. The lowest BCUT2D eigenvalue weighted by Gasteiger charge is -2.10. The topological polar surface area (TPSA) is 98.5 Å². The van der Waals surface area contributed by atoms with Crippen LogP contribution in [0.1, 0.15) is 21.7 Å². The molecule has 0 saturated carbocycles. The third-order valence-corrected chi connectivity index (χ3v) is 6.83. The molecular formula is C26H20N2O5S. The van der Waals surface area contributed by atoms with Crippen LogP contribution in [0.25, 0.3) is 21.9 Å². The van der Waals surface area contributed by atoms with Crippen molar-refractivity contribution in [1.82, 2.24) is 4.98 Å². The number of nitrogens with zero attached hydrogens (tertiary/aromatic N) is 1. The van der Waals surface area contributed by atoms with Crippen molar-refractivity contribution in [3.63, 3.8) is 0 Å². The first-order chi connectivity index (χ1) is 16.4. The molecule has 7 nitrogen and oxygen atoms in total. The van der Waals surface area contributed by atoms with E-state index in [1.165, 1.54) is 6.07 Å². The number of sulfonamides is 1. The van der Waals surface area contributed by atoms with Crippen LogP contribution in [-0.4, -0.2) is 19.4 Å². The number of benzene rings is 3. The fraction of sp³-hybridized carbons (Fsp3) is 0.0769. The molecule has 0 radical (unpaired) electrons. The Morgan fingerprint density at radius 3 is 2.62 bits per heavy atom. The van der Waals surface area contributed by atoms with Crippen LogP contribution < -0.4 is 4.72 Å². The minimum Gasteiger partial charge on any atom is -0.460 e. The molecule has 0 fully saturated rings. The lowest BCUT2D eigenvalue weighted by atomic mass is 10.1. The van der Waals surface area contributed by atoms with Gasteiger partial charge in [-0.05, 0) is 42.8 Å². The van der Waals surface area contributed by atoms with Gasteiger partial charge in [0.1, 0.15) is 28.4 Å². The van der Waals surface area contributed by atoms with Crippen LogP contribution in [0.2, 0.25) is 0 Å². The number of furan rings is 1.